The Morgan fingerprint density at radius 3 is 2.36 bits per heavy atom. The summed E-state index contributed by atoms with van der Waals surface area (Å²) < 4.78 is 61.6. The first-order valence-electron chi connectivity index (χ1n) is 15.2. The molecule has 0 bridgehead atoms. The van der Waals surface area contributed by atoms with E-state index >= 15 is 0 Å². The molecule has 0 saturated carbocycles. The number of aromatic nitrogens is 5. The maximum Gasteiger partial charge on any atom is 0.433 e. The third-order valence-corrected chi connectivity index (χ3v) is 8.05. The van der Waals surface area contributed by atoms with Crippen LogP contribution in [0.1, 0.15) is 51.9 Å². The summed E-state index contributed by atoms with van der Waals surface area (Å²) in [7, 11) is 0. The Balaban J connectivity index is 1.51. The number of rotatable bonds is 6. The van der Waals surface area contributed by atoms with Gasteiger partial charge >= 0.3 is 12.3 Å². The molecule has 5 heterocycles. The van der Waals surface area contributed by atoms with Crippen LogP contribution in [0.15, 0.2) is 16.9 Å². The van der Waals surface area contributed by atoms with E-state index in [9.17, 15) is 31.9 Å². The topological polar surface area (TPSA) is 130 Å². The number of carbonyl (C=O) groups is 2. The average Bonchev–Trinajstić information content (AvgIpc) is 3.44. The molecule has 1 atom stereocenters. The Kier molecular flexibility index (Phi) is 9.57. The number of pyridine rings is 1. The molecule has 13 nitrogen and oxygen atoms in total. The third kappa shape index (κ3) is 7.55. The molecule has 2 saturated heterocycles. The number of alkyl halides is 4. The maximum absolute atomic E-state index is 14.3. The van der Waals surface area contributed by atoms with Gasteiger partial charge in [0.1, 0.15) is 29.7 Å². The van der Waals surface area contributed by atoms with E-state index in [1.165, 1.54) is 4.57 Å². The average molecular weight is 686 g/mol. The van der Waals surface area contributed by atoms with E-state index in [-0.39, 0.29) is 62.2 Å². The van der Waals surface area contributed by atoms with Crippen molar-refractivity contribution < 1.29 is 31.9 Å². The van der Waals surface area contributed by atoms with E-state index in [4.69, 9.17) is 16.3 Å². The van der Waals surface area contributed by atoms with Crippen molar-refractivity contribution in [3.8, 4) is 0 Å². The Bertz CT molecular complexity index is 1710. The number of nitrogens with zero attached hydrogens (tertiary/aromatic N) is 8. The van der Waals surface area contributed by atoms with Gasteiger partial charge in [-0.05, 0) is 52.2 Å². The second-order valence-corrected chi connectivity index (χ2v) is 12.7. The molecule has 0 aliphatic carbocycles. The van der Waals surface area contributed by atoms with Crippen LogP contribution in [0.4, 0.5) is 39.7 Å². The number of amides is 2. The zero-order valence-electron chi connectivity index (χ0n) is 26.4. The minimum Gasteiger partial charge on any atom is -0.444 e. The van der Waals surface area contributed by atoms with Gasteiger partial charge in [-0.2, -0.15) is 22.7 Å². The second kappa shape index (κ2) is 13.2. The van der Waals surface area contributed by atoms with Crippen LogP contribution in [0.5, 0.6) is 0 Å². The largest absolute Gasteiger partial charge is 0.444 e. The van der Waals surface area contributed by atoms with Gasteiger partial charge in [0.05, 0.1) is 17.9 Å². The monoisotopic (exact) mass is 685 g/mol. The summed E-state index contributed by atoms with van der Waals surface area (Å²) in [5.74, 6) is -0.519. The van der Waals surface area contributed by atoms with Gasteiger partial charge in [-0.15, -0.1) is 5.10 Å². The maximum atomic E-state index is 14.3. The quantitative estimate of drug-likeness (QED) is 0.300. The molecule has 2 fully saturated rings. The summed E-state index contributed by atoms with van der Waals surface area (Å²) in [5.41, 5.74) is -1.82. The molecule has 2 aliphatic heterocycles. The minimum absolute atomic E-state index is 0.0331. The predicted molar refractivity (Wildman–Crippen MR) is 166 cm³/mol. The van der Waals surface area contributed by atoms with Crippen LogP contribution in [0.25, 0.3) is 5.78 Å². The van der Waals surface area contributed by atoms with E-state index in [0.29, 0.717) is 31.1 Å². The second-order valence-electron chi connectivity index (χ2n) is 12.4. The van der Waals surface area contributed by atoms with Gasteiger partial charge in [0.15, 0.2) is 5.15 Å². The van der Waals surface area contributed by atoms with Crippen molar-refractivity contribution in [2.75, 3.05) is 54.4 Å². The van der Waals surface area contributed by atoms with Gasteiger partial charge in [-0.3, -0.25) is 9.59 Å². The minimum atomic E-state index is -4.72. The van der Waals surface area contributed by atoms with Crippen molar-refractivity contribution in [2.24, 2.45) is 0 Å². The van der Waals surface area contributed by atoms with Crippen LogP contribution in [0, 0.1) is 0 Å². The predicted octanol–water partition coefficient (Wildman–Crippen LogP) is 4.15. The summed E-state index contributed by atoms with van der Waals surface area (Å²) in [4.78, 5) is 53.0. The van der Waals surface area contributed by atoms with Gasteiger partial charge in [0.25, 0.3) is 5.56 Å². The van der Waals surface area contributed by atoms with Crippen molar-refractivity contribution in [1.82, 2.24) is 29.0 Å². The summed E-state index contributed by atoms with van der Waals surface area (Å²) >= 11 is 5.97. The Labute approximate surface area is 272 Å². The van der Waals surface area contributed by atoms with Gasteiger partial charge in [-0.1, -0.05) is 18.5 Å². The molecule has 5 rings (SSSR count). The number of fused-ring (bicyclic) bond motifs is 1. The lowest BCUT2D eigenvalue weighted by molar-refractivity contribution is -0.141. The third-order valence-electron chi connectivity index (χ3n) is 7.76. The van der Waals surface area contributed by atoms with Crippen molar-refractivity contribution in [2.45, 2.75) is 71.5 Å². The fourth-order valence-electron chi connectivity index (χ4n) is 5.62. The molecule has 256 valence electrons. The molecule has 3 aromatic heterocycles. The highest BCUT2D eigenvalue weighted by Gasteiger charge is 2.34. The molecular formula is C29H36ClF4N9O4. The highest BCUT2D eigenvalue weighted by Crippen LogP contribution is 2.31. The number of halogens is 5. The van der Waals surface area contributed by atoms with Crippen LogP contribution in [0.3, 0.4) is 0 Å². The standard InChI is InChI=1S/C29H36ClF4N9O4/c1-5-19-22(39-11-13-40(14-12-39)27(46)47-28(2,3)4)24(45)43-26(37-25(38-43)41-10-6-7-17(31)15-41)42(19)16-21(44)35-18-8-9-20(29(32,33)34)36-23(18)30/h8-9,17H,5-7,10-16H2,1-4H3,(H,35,44). The van der Waals surface area contributed by atoms with E-state index in [1.807, 2.05) is 4.90 Å². The number of hydrogen-bond donors (Lipinski definition) is 1. The number of nitrogens with one attached hydrogen (secondary N) is 1. The number of hydrogen-bond acceptors (Lipinski definition) is 9. The Hall–Kier alpha value is -4.15. The number of piperazine rings is 1. The molecule has 0 spiro atoms. The highest BCUT2D eigenvalue weighted by molar-refractivity contribution is 6.32. The van der Waals surface area contributed by atoms with Crippen molar-refractivity contribution >= 4 is 46.7 Å². The van der Waals surface area contributed by atoms with Crippen molar-refractivity contribution in [1.29, 1.82) is 0 Å². The first kappa shape index (κ1) is 34.2. The normalized spacial score (nSPS) is 17.7. The number of ether oxygens (including phenoxy) is 1. The Morgan fingerprint density at radius 1 is 1.06 bits per heavy atom. The summed E-state index contributed by atoms with van der Waals surface area (Å²) in [6, 6.07) is 1.71. The molecule has 2 amide bonds. The molecule has 18 heteroatoms. The lowest BCUT2D eigenvalue weighted by Crippen LogP contribution is -2.51. The van der Waals surface area contributed by atoms with E-state index in [0.717, 1.165) is 10.6 Å². The summed E-state index contributed by atoms with van der Waals surface area (Å²) in [6.45, 7) is 8.32. The number of anilines is 3. The zero-order chi connectivity index (χ0) is 34.3. The van der Waals surface area contributed by atoms with Crippen LogP contribution in [-0.4, -0.2) is 92.1 Å². The van der Waals surface area contributed by atoms with Gasteiger partial charge < -0.3 is 29.3 Å². The number of piperidine rings is 1. The van der Waals surface area contributed by atoms with E-state index in [2.05, 4.69) is 20.4 Å². The van der Waals surface area contributed by atoms with E-state index in [1.54, 1.807) is 37.5 Å². The van der Waals surface area contributed by atoms with Gasteiger partial charge in [-0.25, -0.2) is 14.2 Å². The van der Waals surface area contributed by atoms with Gasteiger partial charge in [0, 0.05) is 32.7 Å². The molecular weight excluding hydrogens is 650 g/mol. The SMILES string of the molecule is CCc1c(N2CCN(C(=O)OC(C)(C)C)CC2)c(=O)n2nc(N3CCCC(F)C3)nc2n1CC(=O)Nc1ccc(C(F)(F)F)nc1Cl. The lowest BCUT2D eigenvalue weighted by atomic mass is 10.1. The van der Waals surface area contributed by atoms with Crippen LogP contribution in [-0.2, 0) is 28.7 Å². The zero-order valence-corrected chi connectivity index (χ0v) is 27.2. The first-order chi connectivity index (χ1) is 22.1. The molecule has 47 heavy (non-hydrogen) atoms. The van der Waals surface area contributed by atoms with Gasteiger partial charge in [0.2, 0.25) is 17.6 Å². The van der Waals surface area contributed by atoms with Crippen LogP contribution >= 0.6 is 11.6 Å². The summed E-state index contributed by atoms with van der Waals surface area (Å²) in [6.07, 6.45) is -5.04. The van der Waals surface area contributed by atoms with Crippen molar-refractivity contribution in [3.63, 3.8) is 0 Å². The molecule has 1 N–H and O–H groups in total. The number of carbonyl (C=O) groups excluding carboxylic acids is 2. The molecule has 0 radical (unpaired) electrons. The van der Waals surface area contributed by atoms with Crippen LogP contribution in [0.2, 0.25) is 5.15 Å². The molecule has 0 aromatic carbocycles. The Morgan fingerprint density at radius 2 is 1.77 bits per heavy atom. The fraction of sp³-hybridized carbons (Fsp3) is 0.586. The molecule has 1 unspecified atom stereocenters. The highest BCUT2D eigenvalue weighted by atomic mass is 35.5. The first-order valence-corrected chi connectivity index (χ1v) is 15.6. The summed E-state index contributed by atoms with van der Waals surface area (Å²) in [5, 5.41) is 6.38. The molecule has 3 aromatic rings. The smallest absolute Gasteiger partial charge is 0.433 e. The van der Waals surface area contributed by atoms with Crippen molar-refractivity contribution in [3.05, 3.63) is 39.0 Å². The fourth-order valence-corrected chi connectivity index (χ4v) is 5.82. The molecule has 2 aliphatic rings. The lowest BCUT2D eigenvalue weighted by Gasteiger charge is -2.37. The van der Waals surface area contributed by atoms with E-state index < -0.39 is 52.9 Å². The van der Waals surface area contributed by atoms with Crippen LogP contribution < -0.4 is 20.7 Å².